The first-order valence-electron chi connectivity index (χ1n) is 6.58. The highest BCUT2D eigenvalue weighted by atomic mass is 16.4. The largest absolute Gasteiger partial charge is 0.478 e. The molecule has 0 spiro atoms. The fourth-order valence-electron chi connectivity index (χ4n) is 1.80. The van der Waals surface area contributed by atoms with Crippen LogP contribution < -0.4 is 16.4 Å². The molecule has 21 heavy (non-hydrogen) atoms. The second-order valence-corrected chi connectivity index (χ2v) is 4.61. The van der Waals surface area contributed by atoms with Crippen molar-refractivity contribution in [3.63, 3.8) is 0 Å². The lowest BCUT2D eigenvalue weighted by Crippen LogP contribution is -2.30. The van der Waals surface area contributed by atoms with Gasteiger partial charge in [-0.15, -0.1) is 0 Å². The lowest BCUT2D eigenvalue weighted by Gasteiger charge is -2.12. The van der Waals surface area contributed by atoms with Crippen LogP contribution in [0.5, 0.6) is 0 Å². The molecule has 0 unspecified atom stereocenters. The number of aromatic carboxylic acids is 1. The summed E-state index contributed by atoms with van der Waals surface area (Å²) in [6, 6.07) is 4.28. The van der Waals surface area contributed by atoms with E-state index in [9.17, 15) is 14.4 Å². The predicted molar refractivity (Wildman–Crippen MR) is 78.2 cm³/mol. The topological polar surface area (TPSA) is 122 Å². The van der Waals surface area contributed by atoms with Gasteiger partial charge in [0.05, 0.1) is 11.3 Å². The van der Waals surface area contributed by atoms with Crippen molar-refractivity contribution in [1.29, 1.82) is 0 Å². The maximum absolute atomic E-state index is 11.7. The van der Waals surface area contributed by atoms with Crippen LogP contribution in [-0.4, -0.2) is 29.6 Å². The SMILES string of the molecule is Cc1cccc(C(=O)O)c1NC(=O)NCCCCC(N)=O. The molecule has 3 amide bonds. The number of unbranched alkanes of at least 4 members (excludes halogenated alkanes) is 1. The van der Waals surface area contributed by atoms with Crippen molar-refractivity contribution in [3.05, 3.63) is 29.3 Å². The van der Waals surface area contributed by atoms with Gasteiger partial charge < -0.3 is 21.5 Å². The molecule has 0 saturated carbocycles. The summed E-state index contributed by atoms with van der Waals surface area (Å²) in [6.07, 6.45) is 1.50. The van der Waals surface area contributed by atoms with Gasteiger partial charge in [-0.1, -0.05) is 12.1 Å². The smallest absolute Gasteiger partial charge is 0.337 e. The average molecular weight is 293 g/mol. The summed E-state index contributed by atoms with van der Waals surface area (Å²) < 4.78 is 0. The first kappa shape index (κ1) is 16.5. The van der Waals surface area contributed by atoms with Crippen LogP contribution in [0.15, 0.2) is 18.2 Å². The van der Waals surface area contributed by atoms with E-state index in [-0.39, 0.29) is 23.6 Å². The molecule has 7 nitrogen and oxygen atoms in total. The zero-order chi connectivity index (χ0) is 15.8. The number of hydrogen-bond acceptors (Lipinski definition) is 3. The van der Waals surface area contributed by atoms with E-state index in [1.807, 2.05) is 0 Å². The van der Waals surface area contributed by atoms with Crippen molar-refractivity contribution in [2.45, 2.75) is 26.2 Å². The van der Waals surface area contributed by atoms with Crippen LogP contribution in [0.3, 0.4) is 0 Å². The monoisotopic (exact) mass is 293 g/mol. The Balaban J connectivity index is 2.52. The number of hydrogen-bond donors (Lipinski definition) is 4. The molecule has 0 aliphatic carbocycles. The Labute approximate surface area is 122 Å². The molecule has 0 aromatic heterocycles. The quantitative estimate of drug-likeness (QED) is 0.569. The van der Waals surface area contributed by atoms with Gasteiger partial charge in [0, 0.05) is 13.0 Å². The Bertz CT molecular complexity index is 543. The zero-order valence-corrected chi connectivity index (χ0v) is 11.8. The molecule has 0 heterocycles. The van der Waals surface area contributed by atoms with Crippen molar-refractivity contribution in [1.82, 2.24) is 5.32 Å². The van der Waals surface area contributed by atoms with E-state index < -0.39 is 12.0 Å². The number of carboxylic acids is 1. The Kier molecular flexibility index (Phi) is 6.19. The van der Waals surface area contributed by atoms with Crippen LogP contribution in [-0.2, 0) is 4.79 Å². The van der Waals surface area contributed by atoms with E-state index in [2.05, 4.69) is 10.6 Å². The maximum atomic E-state index is 11.7. The molecular weight excluding hydrogens is 274 g/mol. The van der Waals surface area contributed by atoms with Gasteiger partial charge in [-0.05, 0) is 31.4 Å². The number of para-hydroxylation sites is 1. The van der Waals surface area contributed by atoms with E-state index in [4.69, 9.17) is 10.8 Å². The molecule has 114 valence electrons. The maximum Gasteiger partial charge on any atom is 0.337 e. The van der Waals surface area contributed by atoms with Crippen LogP contribution in [0.2, 0.25) is 0 Å². The highest BCUT2D eigenvalue weighted by Crippen LogP contribution is 2.20. The predicted octanol–water partition coefficient (Wildman–Crippen LogP) is 1.47. The van der Waals surface area contributed by atoms with E-state index in [1.54, 1.807) is 19.1 Å². The Hall–Kier alpha value is -2.57. The highest BCUT2D eigenvalue weighted by Gasteiger charge is 2.14. The van der Waals surface area contributed by atoms with Crippen molar-refractivity contribution in [3.8, 4) is 0 Å². The molecule has 0 atom stereocenters. The molecule has 0 saturated heterocycles. The molecule has 0 bridgehead atoms. The number of anilines is 1. The molecule has 0 aliphatic heterocycles. The molecule has 1 aromatic rings. The molecule has 0 aliphatic rings. The van der Waals surface area contributed by atoms with E-state index >= 15 is 0 Å². The number of primary amides is 1. The fourth-order valence-corrected chi connectivity index (χ4v) is 1.80. The van der Waals surface area contributed by atoms with Gasteiger partial charge in [-0.2, -0.15) is 0 Å². The number of urea groups is 1. The third-order valence-electron chi connectivity index (χ3n) is 2.88. The Morgan fingerprint density at radius 2 is 1.95 bits per heavy atom. The summed E-state index contributed by atoms with van der Waals surface area (Å²) >= 11 is 0. The minimum Gasteiger partial charge on any atom is -0.478 e. The van der Waals surface area contributed by atoms with E-state index in [0.717, 1.165) is 0 Å². The number of aryl methyl sites for hydroxylation is 1. The molecule has 1 rings (SSSR count). The second-order valence-electron chi connectivity index (χ2n) is 4.61. The van der Waals surface area contributed by atoms with Gasteiger partial charge in [0.2, 0.25) is 5.91 Å². The number of rotatable bonds is 7. The molecule has 5 N–H and O–H groups in total. The molecule has 0 fully saturated rings. The van der Waals surface area contributed by atoms with Gasteiger partial charge in [0.1, 0.15) is 0 Å². The lowest BCUT2D eigenvalue weighted by molar-refractivity contribution is -0.118. The minimum absolute atomic E-state index is 0.0406. The minimum atomic E-state index is -1.10. The third kappa shape index (κ3) is 5.52. The lowest BCUT2D eigenvalue weighted by atomic mass is 10.1. The highest BCUT2D eigenvalue weighted by molar-refractivity contribution is 6.00. The number of nitrogens with one attached hydrogen (secondary N) is 2. The first-order valence-corrected chi connectivity index (χ1v) is 6.58. The normalized spacial score (nSPS) is 9.95. The third-order valence-corrected chi connectivity index (χ3v) is 2.88. The summed E-state index contributed by atoms with van der Waals surface area (Å²) in [5.74, 6) is -1.47. The summed E-state index contributed by atoms with van der Waals surface area (Å²) in [7, 11) is 0. The summed E-state index contributed by atoms with van der Waals surface area (Å²) in [6.45, 7) is 2.10. The number of carbonyl (C=O) groups is 3. The number of amides is 3. The van der Waals surface area contributed by atoms with E-state index in [1.165, 1.54) is 6.07 Å². The Morgan fingerprint density at radius 3 is 2.57 bits per heavy atom. The van der Waals surface area contributed by atoms with Crippen molar-refractivity contribution >= 4 is 23.6 Å². The van der Waals surface area contributed by atoms with E-state index in [0.29, 0.717) is 24.9 Å². The van der Waals surface area contributed by atoms with Crippen LogP contribution in [0, 0.1) is 6.92 Å². The van der Waals surface area contributed by atoms with Gasteiger partial charge >= 0.3 is 12.0 Å². The van der Waals surface area contributed by atoms with Gasteiger partial charge in [-0.25, -0.2) is 9.59 Å². The average Bonchev–Trinajstić information content (AvgIpc) is 2.40. The number of nitrogens with two attached hydrogens (primary N) is 1. The number of carboxylic acid groups (broad SMARTS) is 1. The van der Waals surface area contributed by atoms with Crippen molar-refractivity contribution in [2.24, 2.45) is 5.73 Å². The molecule has 0 radical (unpaired) electrons. The fraction of sp³-hybridized carbons (Fsp3) is 0.357. The summed E-state index contributed by atoms with van der Waals surface area (Å²) in [5, 5.41) is 14.2. The summed E-state index contributed by atoms with van der Waals surface area (Å²) in [4.78, 5) is 33.4. The first-order chi connectivity index (χ1) is 9.91. The zero-order valence-electron chi connectivity index (χ0n) is 11.8. The molecule has 7 heteroatoms. The van der Waals surface area contributed by atoms with Crippen LogP contribution in [0.4, 0.5) is 10.5 Å². The Morgan fingerprint density at radius 1 is 1.24 bits per heavy atom. The van der Waals surface area contributed by atoms with Crippen molar-refractivity contribution in [2.75, 3.05) is 11.9 Å². The summed E-state index contributed by atoms with van der Waals surface area (Å²) in [5.41, 5.74) is 5.99. The van der Waals surface area contributed by atoms with Gasteiger partial charge in [0.25, 0.3) is 0 Å². The number of carbonyl (C=O) groups excluding carboxylic acids is 2. The van der Waals surface area contributed by atoms with Crippen molar-refractivity contribution < 1.29 is 19.5 Å². The molecular formula is C14H19N3O4. The number of benzene rings is 1. The standard InChI is InChI=1S/C14H19N3O4/c1-9-5-4-6-10(13(19)20)12(9)17-14(21)16-8-3-2-7-11(15)18/h4-6H,2-3,7-8H2,1H3,(H2,15,18)(H,19,20)(H2,16,17,21). The molecule has 1 aromatic carbocycles. The second kappa shape index (κ2) is 7.88. The van der Waals surface area contributed by atoms with Crippen LogP contribution in [0.1, 0.15) is 35.2 Å². The van der Waals surface area contributed by atoms with Crippen LogP contribution >= 0.6 is 0 Å². The van der Waals surface area contributed by atoms with Crippen LogP contribution in [0.25, 0.3) is 0 Å². The van der Waals surface area contributed by atoms with Gasteiger partial charge in [0.15, 0.2) is 0 Å². The van der Waals surface area contributed by atoms with Gasteiger partial charge in [-0.3, -0.25) is 4.79 Å².